The number of aromatic nitrogens is 1. The van der Waals surface area contributed by atoms with Crippen molar-refractivity contribution in [1.29, 1.82) is 0 Å². The Kier molecular flexibility index (Phi) is 4.54. The molecule has 3 aromatic rings. The Morgan fingerprint density at radius 1 is 1.19 bits per heavy atom. The normalized spacial score (nSPS) is 16.7. The molecule has 27 heavy (non-hydrogen) atoms. The smallest absolute Gasteiger partial charge is 0.229 e. The molecule has 2 amide bonds. The van der Waals surface area contributed by atoms with E-state index in [1.807, 2.05) is 43.3 Å². The molecule has 1 fully saturated rings. The molecule has 1 unspecified atom stereocenters. The molecule has 4 rings (SSSR count). The molecule has 136 valence electrons. The van der Waals surface area contributed by atoms with Crippen LogP contribution in [0.3, 0.4) is 0 Å². The first-order chi connectivity index (χ1) is 13.0. The third kappa shape index (κ3) is 3.26. The fraction of sp³-hybridized carbons (Fsp3) is 0.190. The standard InChI is InChI=1S/C21H18ClN3O2/c1-13-8-9-17(15-5-4-10-23-20(13)15)24-21(27)14-11-19(26)25(12-14)18-7-3-2-6-16(18)22/h2-10,14H,11-12H2,1H3,(H,24,27). The highest BCUT2D eigenvalue weighted by Crippen LogP contribution is 2.32. The minimum absolute atomic E-state index is 0.0984. The summed E-state index contributed by atoms with van der Waals surface area (Å²) in [5.74, 6) is -0.701. The van der Waals surface area contributed by atoms with E-state index < -0.39 is 5.92 Å². The summed E-state index contributed by atoms with van der Waals surface area (Å²) in [5.41, 5.74) is 3.25. The summed E-state index contributed by atoms with van der Waals surface area (Å²) >= 11 is 6.21. The molecule has 0 aliphatic carbocycles. The molecular formula is C21H18ClN3O2. The van der Waals surface area contributed by atoms with Crippen LogP contribution in [-0.2, 0) is 9.59 Å². The molecule has 2 aromatic carbocycles. The van der Waals surface area contributed by atoms with Crippen LogP contribution < -0.4 is 10.2 Å². The van der Waals surface area contributed by atoms with Crippen molar-refractivity contribution in [3.8, 4) is 0 Å². The van der Waals surface area contributed by atoms with Gasteiger partial charge in [0.1, 0.15) is 0 Å². The van der Waals surface area contributed by atoms with Gasteiger partial charge in [-0.3, -0.25) is 14.6 Å². The highest BCUT2D eigenvalue weighted by atomic mass is 35.5. The number of halogens is 1. The molecule has 0 bridgehead atoms. The van der Waals surface area contributed by atoms with Crippen molar-refractivity contribution in [2.45, 2.75) is 13.3 Å². The number of rotatable bonds is 3. The Bertz CT molecular complexity index is 1050. The van der Waals surface area contributed by atoms with Gasteiger partial charge >= 0.3 is 0 Å². The van der Waals surface area contributed by atoms with Crippen molar-refractivity contribution in [2.75, 3.05) is 16.8 Å². The number of nitrogens with zero attached hydrogens (tertiary/aromatic N) is 2. The summed E-state index contributed by atoms with van der Waals surface area (Å²) in [6.07, 6.45) is 1.90. The Labute approximate surface area is 162 Å². The zero-order valence-corrected chi connectivity index (χ0v) is 15.5. The van der Waals surface area contributed by atoms with E-state index in [9.17, 15) is 9.59 Å². The number of benzene rings is 2. The molecule has 1 aromatic heterocycles. The van der Waals surface area contributed by atoms with E-state index in [0.29, 0.717) is 22.9 Å². The van der Waals surface area contributed by atoms with Crippen molar-refractivity contribution >= 4 is 45.7 Å². The van der Waals surface area contributed by atoms with Crippen LogP contribution in [0.15, 0.2) is 54.7 Å². The van der Waals surface area contributed by atoms with E-state index >= 15 is 0 Å². The molecule has 1 saturated heterocycles. The average molecular weight is 380 g/mol. The second kappa shape index (κ2) is 7.00. The second-order valence-corrected chi connectivity index (χ2v) is 7.08. The monoisotopic (exact) mass is 379 g/mol. The van der Waals surface area contributed by atoms with E-state index in [0.717, 1.165) is 16.5 Å². The van der Waals surface area contributed by atoms with Crippen LogP contribution in [0.5, 0.6) is 0 Å². The van der Waals surface area contributed by atoms with Crippen LogP contribution in [0, 0.1) is 12.8 Å². The average Bonchev–Trinajstić information content (AvgIpc) is 3.06. The predicted molar refractivity (Wildman–Crippen MR) is 107 cm³/mol. The first-order valence-electron chi connectivity index (χ1n) is 8.74. The van der Waals surface area contributed by atoms with Crippen molar-refractivity contribution in [3.05, 3.63) is 65.3 Å². The Morgan fingerprint density at radius 3 is 2.81 bits per heavy atom. The fourth-order valence-electron chi connectivity index (χ4n) is 3.44. The van der Waals surface area contributed by atoms with Gasteiger partial charge in [0.15, 0.2) is 0 Å². The van der Waals surface area contributed by atoms with Crippen LogP contribution in [0.25, 0.3) is 10.9 Å². The van der Waals surface area contributed by atoms with Gasteiger partial charge in [-0.2, -0.15) is 0 Å². The highest BCUT2D eigenvalue weighted by molar-refractivity contribution is 6.34. The molecule has 1 atom stereocenters. The Hall–Kier alpha value is -2.92. The van der Waals surface area contributed by atoms with E-state index in [1.54, 1.807) is 23.2 Å². The lowest BCUT2D eigenvalue weighted by Gasteiger charge is -2.18. The number of pyridine rings is 1. The van der Waals surface area contributed by atoms with Crippen LogP contribution in [-0.4, -0.2) is 23.3 Å². The number of aryl methyl sites for hydroxylation is 1. The number of para-hydroxylation sites is 1. The van der Waals surface area contributed by atoms with Crippen molar-refractivity contribution in [3.63, 3.8) is 0 Å². The second-order valence-electron chi connectivity index (χ2n) is 6.68. The number of anilines is 2. The summed E-state index contributed by atoms with van der Waals surface area (Å²) < 4.78 is 0. The molecule has 0 spiro atoms. The Balaban J connectivity index is 1.56. The van der Waals surface area contributed by atoms with Gasteiger partial charge in [-0.15, -0.1) is 0 Å². The molecule has 0 saturated carbocycles. The van der Waals surface area contributed by atoms with E-state index in [-0.39, 0.29) is 18.2 Å². The third-order valence-electron chi connectivity index (χ3n) is 4.87. The molecule has 0 radical (unpaired) electrons. The van der Waals surface area contributed by atoms with Gasteiger partial charge < -0.3 is 10.2 Å². The van der Waals surface area contributed by atoms with Crippen molar-refractivity contribution in [2.24, 2.45) is 5.92 Å². The molecule has 6 heteroatoms. The highest BCUT2D eigenvalue weighted by Gasteiger charge is 2.36. The minimum Gasteiger partial charge on any atom is -0.325 e. The van der Waals surface area contributed by atoms with Gasteiger partial charge in [0.2, 0.25) is 11.8 Å². The lowest BCUT2D eigenvalue weighted by molar-refractivity contribution is -0.122. The van der Waals surface area contributed by atoms with E-state index in [2.05, 4.69) is 10.3 Å². The van der Waals surface area contributed by atoms with E-state index in [1.165, 1.54) is 0 Å². The first-order valence-corrected chi connectivity index (χ1v) is 9.12. The summed E-state index contributed by atoms with van der Waals surface area (Å²) in [7, 11) is 0. The summed E-state index contributed by atoms with van der Waals surface area (Å²) in [5, 5.41) is 4.36. The molecule has 5 nitrogen and oxygen atoms in total. The van der Waals surface area contributed by atoms with Gasteiger partial charge in [-0.1, -0.05) is 29.8 Å². The molecule has 2 heterocycles. The zero-order chi connectivity index (χ0) is 19.0. The van der Waals surface area contributed by atoms with Crippen molar-refractivity contribution in [1.82, 2.24) is 4.98 Å². The number of carbonyl (C=O) groups excluding carboxylic acids is 2. The number of hydrogen-bond donors (Lipinski definition) is 1. The van der Waals surface area contributed by atoms with E-state index in [4.69, 9.17) is 11.6 Å². The molecule has 1 aliphatic heterocycles. The Morgan fingerprint density at radius 2 is 2.00 bits per heavy atom. The summed E-state index contributed by atoms with van der Waals surface area (Å²) in [4.78, 5) is 31.2. The molecule has 1 aliphatic rings. The largest absolute Gasteiger partial charge is 0.325 e. The molecular weight excluding hydrogens is 362 g/mol. The van der Waals surface area contributed by atoms with Crippen LogP contribution >= 0.6 is 11.6 Å². The van der Waals surface area contributed by atoms with Gasteiger partial charge in [-0.25, -0.2) is 0 Å². The number of hydrogen-bond acceptors (Lipinski definition) is 3. The maximum atomic E-state index is 12.8. The first kappa shape index (κ1) is 17.5. The van der Waals surface area contributed by atoms with Gasteiger partial charge in [0.25, 0.3) is 0 Å². The fourth-order valence-corrected chi connectivity index (χ4v) is 3.68. The van der Waals surface area contributed by atoms with Crippen LogP contribution in [0.2, 0.25) is 5.02 Å². The number of amides is 2. The van der Waals surface area contributed by atoms with Crippen LogP contribution in [0.1, 0.15) is 12.0 Å². The number of nitrogens with one attached hydrogen (secondary N) is 1. The number of fused-ring (bicyclic) bond motifs is 1. The van der Waals surface area contributed by atoms with Gasteiger partial charge in [0.05, 0.1) is 27.8 Å². The van der Waals surface area contributed by atoms with Crippen molar-refractivity contribution < 1.29 is 9.59 Å². The lowest BCUT2D eigenvalue weighted by atomic mass is 10.1. The summed E-state index contributed by atoms with van der Waals surface area (Å²) in [6.45, 7) is 2.30. The number of carbonyl (C=O) groups is 2. The van der Waals surface area contributed by atoms with Crippen LogP contribution in [0.4, 0.5) is 11.4 Å². The maximum Gasteiger partial charge on any atom is 0.229 e. The maximum absolute atomic E-state index is 12.8. The SMILES string of the molecule is Cc1ccc(NC(=O)C2CC(=O)N(c3ccccc3Cl)C2)c2cccnc12. The summed E-state index contributed by atoms with van der Waals surface area (Å²) in [6, 6.07) is 14.8. The third-order valence-corrected chi connectivity index (χ3v) is 5.19. The topological polar surface area (TPSA) is 62.3 Å². The predicted octanol–water partition coefficient (Wildman–Crippen LogP) is 4.19. The molecule has 1 N–H and O–H groups in total. The quantitative estimate of drug-likeness (QED) is 0.742. The lowest BCUT2D eigenvalue weighted by Crippen LogP contribution is -2.28. The zero-order valence-electron chi connectivity index (χ0n) is 14.8. The van der Waals surface area contributed by atoms with Gasteiger partial charge in [0, 0.05) is 24.5 Å². The minimum atomic E-state index is -0.429. The van der Waals surface area contributed by atoms with Gasteiger partial charge in [-0.05, 0) is 42.8 Å².